The highest BCUT2D eigenvalue weighted by molar-refractivity contribution is 5.88. The molecule has 3 aromatic carbocycles. The Labute approximate surface area is 153 Å². The first-order valence-corrected chi connectivity index (χ1v) is 8.70. The minimum absolute atomic E-state index is 0.0163. The van der Waals surface area contributed by atoms with Crippen molar-refractivity contribution in [2.24, 2.45) is 0 Å². The number of aryl methyl sites for hydroxylation is 2. The van der Waals surface area contributed by atoms with E-state index in [0.717, 1.165) is 27.6 Å². The van der Waals surface area contributed by atoms with Crippen LogP contribution in [0.1, 0.15) is 11.1 Å². The number of amides is 1. The average molecular weight is 349 g/mol. The lowest BCUT2D eigenvalue weighted by atomic mass is 10.1. The molecule has 0 saturated heterocycles. The molecule has 134 valence electrons. The lowest BCUT2D eigenvalue weighted by Crippen LogP contribution is -2.32. The van der Waals surface area contributed by atoms with E-state index in [1.54, 1.807) is 0 Å². The summed E-state index contributed by atoms with van der Waals surface area (Å²) in [6, 6.07) is 19.8. The molecule has 0 radical (unpaired) electrons. The van der Waals surface area contributed by atoms with E-state index >= 15 is 0 Å². The van der Waals surface area contributed by atoms with Crippen LogP contribution in [0.2, 0.25) is 0 Å². The van der Waals surface area contributed by atoms with Gasteiger partial charge < -0.3 is 14.8 Å². The Hall–Kier alpha value is -3.01. The van der Waals surface area contributed by atoms with Crippen LogP contribution in [-0.2, 0) is 4.79 Å². The number of ether oxygens (including phenoxy) is 2. The van der Waals surface area contributed by atoms with Crippen LogP contribution in [0.5, 0.6) is 11.5 Å². The van der Waals surface area contributed by atoms with Crippen molar-refractivity contribution >= 4 is 16.7 Å². The molecule has 4 heteroatoms. The number of hydrogen-bond donors (Lipinski definition) is 1. The van der Waals surface area contributed by atoms with E-state index in [1.807, 2.05) is 68.4 Å². The molecule has 4 nitrogen and oxygen atoms in total. The minimum atomic E-state index is -0.165. The zero-order valence-corrected chi connectivity index (χ0v) is 15.1. The van der Waals surface area contributed by atoms with Gasteiger partial charge in [0.05, 0.1) is 6.54 Å². The van der Waals surface area contributed by atoms with E-state index in [0.29, 0.717) is 18.9 Å². The molecule has 0 fully saturated rings. The highest BCUT2D eigenvalue weighted by Gasteiger charge is 2.05. The van der Waals surface area contributed by atoms with Gasteiger partial charge in [-0.3, -0.25) is 4.79 Å². The Morgan fingerprint density at radius 1 is 0.923 bits per heavy atom. The number of carbonyl (C=O) groups is 1. The summed E-state index contributed by atoms with van der Waals surface area (Å²) in [5.74, 6) is 1.37. The Morgan fingerprint density at radius 2 is 1.65 bits per heavy atom. The van der Waals surface area contributed by atoms with Crippen LogP contribution in [0.25, 0.3) is 10.8 Å². The lowest BCUT2D eigenvalue weighted by Gasteiger charge is -2.11. The summed E-state index contributed by atoms with van der Waals surface area (Å²) >= 11 is 0. The van der Waals surface area contributed by atoms with E-state index in [2.05, 4.69) is 11.4 Å². The smallest absolute Gasteiger partial charge is 0.258 e. The fourth-order valence-corrected chi connectivity index (χ4v) is 2.89. The van der Waals surface area contributed by atoms with E-state index in [-0.39, 0.29) is 12.5 Å². The number of carbonyl (C=O) groups excluding carboxylic acids is 1. The second-order valence-corrected chi connectivity index (χ2v) is 6.29. The summed E-state index contributed by atoms with van der Waals surface area (Å²) < 4.78 is 11.4. The average Bonchev–Trinajstić information content (AvgIpc) is 2.63. The van der Waals surface area contributed by atoms with E-state index in [4.69, 9.17) is 9.47 Å². The van der Waals surface area contributed by atoms with Crippen molar-refractivity contribution < 1.29 is 14.3 Å². The van der Waals surface area contributed by atoms with Crippen molar-refractivity contribution in [3.63, 3.8) is 0 Å². The van der Waals surface area contributed by atoms with Crippen LogP contribution in [0.4, 0.5) is 0 Å². The van der Waals surface area contributed by atoms with Gasteiger partial charge in [-0.25, -0.2) is 0 Å². The first-order valence-electron chi connectivity index (χ1n) is 8.70. The zero-order chi connectivity index (χ0) is 18.4. The Balaban J connectivity index is 1.44. The van der Waals surface area contributed by atoms with Gasteiger partial charge in [0.2, 0.25) is 0 Å². The molecule has 0 spiro atoms. The van der Waals surface area contributed by atoms with Crippen LogP contribution in [0, 0.1) is 13.8 Å². The third kappa shape index (κ3) is 4.76. The number of benzene rings is 3. The highest BCUT2D eigenvalue weighted by atomic mass is 16.5. The monoisotopic (exact) mass is 349 g/mol. The molecular weight excluding hydrogens is 326 g/mol. The summed E-state index contributed by atoms with van der Waals surface area (Å²) in [5.41, 5.74) is 2.32. The first-order chi connectivity index (χ1) is 12.6. The quantitative estimate of drug-likeness (QED) is 0.655. The van der Waals surface area contributed by atoms with Gasteiger partial charge in [0.1, 0.15) is 18.1 Å². The molecule has 0 aliphatic heterocycles. The van der Waals surface area contributed by atoms with Crippen LogP contribution in [0.15, 0.2) is 60.7 Å². The van der Waals surface area contributed by atoms with Crippen molar-refractivity contribution in [1.82, 2.24) is 5.32 Å². The Bertz CT molecular complexity index is 879. The molecular formula is C22H23NO3. The maximum atomic E-state index is 12.0. The molecule has 26 heavy (non-hydrogen) atoms. The van der Waals surface area contributed by atoms with Crippen LogP contribution < -0.4 is 14.8 Å². The summed E-state index contributed by atoms with van der Waals surface area (Å²) in [6.07, 6.45) is 0. The zero-order valence-electron chi connectivity index (χ0n) is 15.1. The molecule has 0 aromatic heterocycles. The summed E-state index contributed by atoms with van der Waals surface area (Å²) in [6.45, 7) is 4.91. The fourth-order valence-electron chi connectivity index (χ4n) is 2.89. The maximum Gasteiger partial charge on any atom is 0.258 e. The molecule has 0 unspecified atom stereocenters. The van der Waals surface area contributed by atoms with Gasteiger partial charge in [-0.05, 0) is 48.6 Å². The van der Waals surface area contributed by atoms with Gasteiger partial charge in [0, 0.05) is 5.39 Å². The number of fused-ring (bicyclic) bond motifs is 1. The molecule has 1 amide bonds. The van der Waals surface area contributed by atoms with Crippen molar-refractivity contribution in [2.45, 2.75) is 13.8 Å². The molecule has 0 bridgehead atoms. The largest absolute Gasteiger partial charge is 0.492 e. The van der Waals surface area contributed by atoms with Gasteiger partial charge in [-0.2, -0.15) is 0 Å². The predicted octanol–water partition coefficient (Wildman–Crippen LogP) is 4.03. The highest BCUT2D eigenvalue weighted by Crippen LogP contribution is 2.24. The normalized spacial score (nSPS) is 10.5. The second kappa shape index (κ2) is 8.39. The second-order valence-electron chi connectivity index (χ2n) is 6.29. The van der Waals surface area contributed by atoms with E-state index < -0.39 is 0 Å². The van der Waals surface area contributed by atoms with Crippen LogP contribution in [-0.4, -0.2) is 25.7 Å². The fraction of sp³-hybridized carbons (Fsp3) is 0.227. The van der Waals surface area contributed by atoms with Crippen molar-refractivity contribution in [1.29, 1.82) is 0 Å². The Morgan fingerprint density at radius 3 is 2.46 bits per heavy atom. The number of nitrogens with one attached hydrogen (secondary N) is 1. The third-order valence-electron chi connectivity index (χ3n) is 4.00. The summed E-state index contributed by atoms with van der Waals surface area (Å²) in [7, 11) is 0. The van der Waals surface area contributed by atoms with Gasteiger partial charge in [-0.1, -0.05) is 42.5 Å². The van der Waals surface area contributed by atoms with Gasteiger partial charge >= 0.3 is 0 Å². The molecule has 0 aliphatic carbocycles. The van der Waals surface area contributed by atoms with Crippen molar-refractivity contribution in [3.05, 3.63) is 71.8 Å². The van der Waals surface area contributed by atoms with E-state index in [9.17, 15) is 4.79 Å². The van der Waals surface area contributed by atoms with Gasteiger partial charge in [-0.15, -0.1) is 0 Å². The van der Waals surface area contributed by atoms with Crippen molar-refractivity contribution in [3.8, 4) is 11.5 Å². The molecule has 3 aromatic rings. The van der Waals surface area contributed by atoms with E-state index in [1.165, 1.54) is 0 Å². The predicted molar refractivity (Wildman–Crippen MR) is 104 cm³/mol. The van der Waals surface area contributed by atoms with Crippen LogP contribution in [0.3, 0.4) is 0 Å². The third-order valence-corrected chi connectivity index (χ3v) is 4.00. The molecule has 1 N–H and O–H groups in total. The molecule has 0 atom stereocenters. The maximum absolute atomic E-state index is 12.0. The minimum Gasteiger partial charge on any atom is -0.492 e. The van der Waals surface area contributed by atoms with Crippen molar-refractivity contribution in [2.75, 3.05) is 19.8 Å². The van der Waals surface area contributed by atoms with Gasteiger partial charge in [0.15, 0.2) is 6.61 Å². The summed E-state index contributed by atoms with van der Waals surface area (Å²) in [5, 5.41) is 4.90. The lowest BCUT2D eigenvalue weighted by molar-refractivity contribution is -0.123. The molecule has 0 saturated carbocycles. The first kappa shape index (κ1) is 17.8. The SMILES string of the molecule is Cc1cc(C)cc(OCCNC(=O)COc2cccc3ccccc23)c1. The standard InChI is InChI=1S/C22H23NO3/c1-16-12-17(2)14-19(13-16)25-11-10-23-22(24)15-26-21-9-5-7-18-6-3-4-8-20(18)21/h3-9,12-14H,10-11,15H2,1-2H3,(H,23,24). The molecule has 3 rings (SSSR count). The topological polar surface area (TPSA) is 47.6 Å². The van der Waals surface area contributed by atoms with Gasteiger partial charge in [0.25, 0.3) is 5.91 Å². The molecule has 0 aliphatic rings. The number of rotatable bonds is 7. The summed E-state index contributed by atoms with van der Waals surface area (Å²) in [4.78, 5) is 12.0. The number of hydrogen-bond acceptors (Lipinski definition) is 3. The molecule has 0 heterocycles. The van der Waals surface area contributed by atoms with Crippen LogP contribution >= 0.6 is 0 Å². The Kier molecular flexibility index (Phi) is 5.74.